The normalized spacial score (nSPS) is 17.1. The molecule has 2 N–H and O–H groups in total. The molecule has 0 spiro atoms. The smallest absolute Gasteiger partial charge is 0.162 e. The molecule has 1 unspecified atom stereocenters. The maximum Gasteiger partial charge on any atom is 0.162 e. The molecule has 1 aromatic carbocycles. The van der Waals surface area contributed by atoms with Crippen LogP contribution in [-0.4, -0.2) is 14.2 Å². The fourth-order valence-corrected chi connectivity index (χ4v) is 2.66. The summed E-state index contributed by atoms with van der Waals surface area (Å²) in [6.07, 6.45) is 4.91. The molecule has 0 bridgehead atoms. The first-order chi connectivity index (χ1) is 8.65. The van der Waals surface area contributed by atoms with Crippen LogP contribution in [0.1, 0.15) is 37.3 Å². The van der Waals surface area contributed by atoms with Crippen LogP contribution >= 0.6 is 11.6 Å². The maximum atomic E-state index is 6.26. The standard InChI is InChI=1S/C14H20ClNO2/c1-17-13-7-10(11(15)8-14(13)18-2)12(16)6-9-4-3-5-9/h7-9,12H,3-6,16H2,1-2H3. The van der Waals surface area contributed by atoms with Crippen molar-refractivity contribution in [3.8, 4) is 11.5 Å². The van der Waals surface area contributed by atoms with Crippen molar-refractivity contribution in [3.05, 3.63) is 22.7 Å². The van der Waals surface area contributed by atoms with Gasteiger partial charge in [0.1, 0.15) is 0 Å². The van der Waals surface area contributed by atoms with E-state index >= 15 is 0 Å². The molecule has 0 radical (unpaired) electrons. The van der Waals surface area contributed by atoms with Gasteiger partial charge >= 0.3 is 0 Å². The van der Waals surface area contributed by atoms with Gasteiger partial charge in [-0.15, -0.1) is 0 Å². The highest BCUT2D eigenvalue weighted by atomic mass is 35.5. The van der Waals surface area contributed by atoms with Crippen LogP contribution in [0.4, 0.5) is 0 Å². The molecule has 18 heavy (non-hydrogen) atoms. The summed E-state index contributed by atoms with van der Waals surface area (Å²) in [6, 6.07) is 3.64. The van der Waals surface area contributed by atoms with Crippen molar-refractivity contribution in [2.24, 2.45) is 11.7 Å². The van der Waals surface area contributed by atoms with Gasteiger partial charge in [-0.2, -0.15) is 0 Å². The fraction of sp³-hybridized carbons (Fsp3) is 0.571. The number of rotatable bonds is 5. The third kappa shape index (κ3) is 2.73. The van der Waals surface area contributed by atoms with Crippen molar-refractivity contribution in [1.29, 1.82) is 0 Å². The molecule has 1 saturated carbocycles. The molecule has 1 aromatic rings. The second-order valence-corrected chi connectivity index (χ2v) is 5.28. The molecule has 0 heterocycles. The average molecular weight is 270 g/mol. The molecular weight excluding hydrogens is 250 g/mol. The molecule has 2 rings (SSSR count). The van der Waals surface area contributed by atoms with E-state index in [1.54, 1.807) is 20.3 Å². The quantitative estimate of drug-likeness (QED) is 0.889. The van der Waals surface area contributed by atoms with E-state index in [0.29, 0.717) is 16.5 Å². The Balaban J connectivity index is 2.20. The second-order valence-electron chi connectivity index (χ2n) is 4.87. The topological polar surface area (TPSA) is 44.5 Å². The van der Waals surface area contributed by atoms with Crippen LogP contribution in [-0.2, 0) is 0 Å². The van der Waals surface area contributed by atoms with Crippen LogP contribution in [0, 0.1) is 5.92 Å². The van der Waals surface area contributed by atoms with Crippen LogP contribution in [0.3, 0.4) is 0 Å². The lowest BCUT2D eigenvalue weighted by Crippen LogP contribution is -2.20. The van der Waals surface area contributed by atoms with Crippen molar-refractivity contribution < 1.29 is 9.47 Å². The minimum Gasteiger partial charge on any atom is -0.493 e. The Labute approximate surface area is 113 Å². The van der Waals surface area contributed by atoms with Crippen molar-refractivity contribution in [2.75, 3.05) is 14.2 Å². The Morgan fingerprint density at radius 2 is 1.89 bits per heavy atom. The van der Waals surface area contributed by atoms with E-state index in [0.717, 1.165) is 17.9 Å². The predicted molar refractivity (Wildman–Crippen MR) is 73.4 cm³/mol. The molecular formula is C14H20ClNO2. The summed E-state index contributed by atoms with van der Waals surface area (Å²) in [6.45, 7) is 0. The molecule has 1 aliphatic rings. The molecule has 1 fully saturated rings. The first-order valence-electron chi connectivity index (χ1n) is 6.32. The Hall–Kier alpha value is -0.930. The number of benzene rings is 1. The summed E-state index contributed by atoms with van der Waals surface area (Å²) in [5.74, 6) is 2.08. The Kier molecular flexibility index (Phi) is 4.36. The monoisotopic (exact) mass is 269 g/mol. The summed E-state index contributed by atoms with van der Waals surface area (Å²) < 4.78 is 10.5. The van der Waals surface area contributed by atoms with Gasteiger partial charge in [-0.25, -0.2) is 0 Å². The molecule has 100 valence electrons. The molecule has 0 aromatic heterocycles. The minimum atomic E-state index is -0.0254. The first-order valence-corrected chi connectivity index (χ1v) is 6.70. The van der Waals surface area contributed by atoms with Crippen molar-refractivity contribution in [2.45, 2.75) is 31.7 Å². The first kappa shape index (κ1) is 13.5. The number of halogens is 1. The molecule has 0 saturated heterocycles. The SMILES string of the molecule is COc1cc(Cl)c(C(N)CC2CCC2)cc1OC. The fourth-order valence-electron chi connectivity index (χ4n) is 2.37. The van der Waals surface area contributed by atoms with Crippen LogP contribution in [0.15, 0.2) is 12.1 Å². The number of hydrogen-bond donors (Lipinski definition) is 1. The molecule has 4 heteroatoms. The third-order valence-electron chi connectivity index (χ3n) is 3.71. The highest BCUT2D eigenvalue weighted by molar-refractivity contribution is 6.31. The van der Waals surface area contributed by atoms with Gasteiger partial charge in [0, 0.05) is 17.1 Å². The van der Waals surface area contributed by atoms with E-state index < -0.39 is 0 Å². The molecule has 0 aliphatic heterocycles. The number of nitrogens with two attached hydrogens (primary N) is 1. The van der Waals surface area contributed by atoms with Crippen molar-refractivity contribution in [3.63, 3.8) is 0 Å². The van der Waals surface area contributed by atoms with Crippen LogP contribution in [0.2, 0.25) is 5.02 Å². The summed E-state index contributed by atoms with van der Waals surface area (Å²) in [7, 11) is 3.22. The van der Waals surface area contributed by atoms with E-state index in [9.17, 15) is 0 Å². The van der Waals surface area contributed by atoms with Crippen molar-refractivity contribution >= 4 is 11.6 Å². The molecule has 1 aliphatic carbocycles. The van der Waals surface area contributed by atoms with E-state index in [4.69, 9.17) is 26.8 Å². The largest absolute Gasteiger partial charge is 0.493 e. The third-order valence-corrected chi connectivity index (χ3v) is 4.04. The van der Waals surface area contributed by atoms with Gasteiger partial charge in [0.25, 0.3) is 0 Å². The molecule has 1 atom stereocenters. The highest BCUT2D eigenvalue weighted by Gasteiger charge is 2.23. The highest BCUT2D eigenvalue weighted by Crippen LogP contribution is 2.39. The summed E-state index contributed by atoms with van der Waals surface area (Å²) in [5, 5.41) is 0.652. The van der Waals surface area contributed by atoms with E-state index in [-0.39, 0.29) is 6.04 Å². The maximum absolute atomic E-state index is 6.26. The number of methoxy groups -OCH3 is 2. The summed E-state index contributed by atoms with van der Waals surface area (Å²) in [4.78, 5) is 0. The van der Waals surface area contributed by atoms with Gasteiger partial charge < -0.3 is 15.2 Å². The Morgan fingerprint density at radius 1 is 1.28 bits per heavy atom. The van der Waals surface area contributed by atoms with E-state index in [1.807, 2.05) is 6.07 Å². The minimum absolute atomic E-state index is 0.0254. The van der Waals surface area contributed by atoms with Gasteiger partial charge in [0.05, 0.1) is 14.2 Å². The van der Waals surface area contributed by atoms with Crippen LogP contribution < -0.4 is 15.2 Å². The van der Waals surface area contributed by atoms with Gasteiger partial charge in [0.2, 0.25) is 0 Å². The Bertz CT molecular complexity index is 419. The zero-order valence-corrected chi connectivity index (χ0v) is 11.7. The average Bonchev–Trinajstić information content (AvgIpc) is 2.33. The second kappa shape index (κ2) is 5.81. The van der Waals surface area contributed by atoms with Crippen molar-refractivity contribution in [1.82, 2.24) is 0 Å². The van der Waals surface area contributed by atoms with Crippen LogP contribution in [0.25, 0.3) is 0 Å². The lowest BCUT2D eigenvalue weighted by molar-refractivity contribution is 0.277. The van der Waals surface area contributed by atoms with Gasteiger partial charge in [-0.05, 0) is 24.0 Å². The lowest BCUT2D eigenvalue weighted by Gasteiger charge is -2.28. The lowest BCUT2D eigenvalue weighted by atomic mass is 9.80. The zero-order valence-electron chi connectivity index (χ0n) is 10.9. The summed E-state index contributed by atoms with van der Waals surface area (Å²) >= 11 is 6.26. The van der Waals surface area contributed by atoms with E-state index in [2.05, 4.69) is 0 Å². The van der Waals surface area contributed by atoms with Gasteiger partial charge in [0.15, 0.2) is 11.5 Å². The zero-order chi connectivity index (χ0) is 13.1. The van der Waals surface area contributed by atoms with E-state index in [1.165, 1.54) is 19.3 Å². The molecule has 0 amide bonds. The number of hydrogen-bond acceptors (Lipinski definition) is 3. The van der Waals surface area contributed by atoms with Gasteiger partial charge in [-0.1, -0.05) is 30.9 Å². The summed E-state index contributed by atoms with van der Waals surface area (Å²) in [5.41, 5.74) is 7.19. The Morgan fingerprint density at radius 3 is 2.39 bits per heavy atom. The predicted octanol–water partition coefficient (Wildman–Crippen LogP) is 3.55. The molecule has 3 nitrogen and oxygen atoms in total. The van der Waals surface area contributed by atoms with Crippen LogP contribution in [0.5, 0.6) is 11.5 Å². The van der Waals surface area contributed by atoms with Gasteiger partial charge in [-0.3, -0.25) is 0 Å². The number of ether oxygens (including phenoxy) is 2.